The lowest BCUT2D eigenvalue weighted by Crippen LogP contribution is -2.45. The standard InChI is InChI=1S/C22H37NO7/c1-4-5-8-11-17(24)13-15-23-16-18(25)22(20(23)27,21(28)30-3)14-10-7-6-9-12-19(26)29-2/h17,24H,4-16H2,1-3H3. The number of unbranched alkanes of at least 4 members (excludes halogenated alkanes) is 5. The van der Waals surface area contributed by atoms with Crippen molar-refractivity contribution in [2.75, 3.05) is 27.3 Å². The molecular formula is C22H37NO7. The fourth-order valence-corrected chi connectivity index (χ4v) is 3.87. The second-order valence-corrected chi connectivity index (χ2v) is 7.98. The lowest BCUT2D eigenvalue weighted by molar-refractivity contribution is -0.162. The Balaban J connectivity index is 2.62. The van der Waals surface area contributed by atoms with Crippen molar-refractivity contribution in [3.05, 3.63) is 0 Å². The molecular weight excluding hydrogens is 390 g/mol. The number of hydrogen-bond acceptors (Lipinski definition) is 7. The number of likely N-dealkylation sites (tertiary alicyclic amines) is 1. The molecule has 1 N–H and O–H groups in total. The minimum atomic E-state index is -1.77. The third-order valence-electron chi connectivity index (χ3n) is 5.78. The molecule has 0 spiro atoms. The van der Waals surface area contributed by atoms with Crippen molar-refractivity contribution in [3.8, 4) is 0 Å². The number of methoxy groups -OCH3 is 2. The van der Waals surface area contributed by atoms with Crippen molar-refractivity contribution in [2.24, 2.45) is 5.41 Å². The van der Waals surface area contributed by atoms with Crippen LogP contribution >= 0.6 is 0 Å². The lowest BCUT2D eigenvalue weighted by atomic mass is 9.80. The van der Waals surface area contributed by atoms with E-state index in [1.807, 2.05) is 0 Å². The summed E-state index contributed by atoms with van der Waals surface area (Å²) in [6.07, 6.45) is 6.56. The summed E-state index contributed by atoms with van der Waals surface area (Å²) in [5, 5.41) is 10.1. The Morgan fingerprint density at radius 2 is 1.73 bits per heavy atom. The average molecular weight is 428 g/mol. The number of ether oxygens (including phenoxy) is 2. The number of carbonyl (C=O) groups excluding carboxylic acids is 4. The quantitative estimate of drug-likeness (QED) is 0.243. The van der Waals surface area contributed by atoms with Crippen molar-refractivity contribution >= 4 is 23.6 Å². The van der Waals surface area contributed by atoms with Gasteiger partial charge in [0.1, 0.15) is 0 Å². The first kappa shape index (κ1) is 26.1. The molecule has 1 saturated heterocycles. The predicted molar refractivity (Wildman–Crippen MR) is 111 cm³/mol. The zero-order chi connectivity index (χ0) is 22.6. The maximum Gasteiger partial charge on any atom is 0.329 e. The van der Waals surface area contributed by atoms with Gasteiger partial charge in [-0.3, -0.25) is 19.2 Å². The highest BCUT2D eigenvalue weighted by molar-refractivity contribution is 6.26. The number of hydrogen-bond donors (Lipinski definition) is 1. The normalized spacial score (nSPS) is 19.8. The second-order valence-electron chi connectivity index (χ2n) is 7.98. The SMILES string of the molecule is CCCCCC(O)CCN1CC(=O)C(CCCCCCC(=O)OC)(C(=O)OC)C1=O. The molecule has 2 atom stereocenters. The maximum absolute atomic E-state index is 13.0. The predicted octanol–water partition coefficient (Wildman–Crippen LogP) is 2.40. The molecule has 1 heterocycles. The van der Waals surface area contributed by atoms with Crippen molar-refractivity contribution in [1.82, 2.24) is 4.90 Å². The van der Waals surface area contributed by atoms with E-state index in [1.54, 1.807) is 0 Å². The summed E-state index contributed by atoms with van der Waals surface area (Å²) >= 11 is 0. The molecule has 0 radical (unpaired) electrons. The summed E-state index contributed by atoms with van der Waals surface area (Å²) < 4.78 is 9.42. The largest absolute Gasteiger partial charge is 0.469 e. The molecule has 0 bridgehead atoms. The molecule has 30 heavy (non-hydrogen) atoms. The van der Waals surface area contributed by atoms with Crippen LogP contribution in [0.2, 0.25) is 0 Å². The van der Waals surface area contributed by atoms with Crippen LogP contribution in [-0.4, -0.2) is 67.0 Å². The van der Waals surface area contributed by atoms with E-state index in [0.29, 0.717) is 38.5 Å². The van der Waals surface area contributed by atoms with Crippen LogP contribution in [0.3, 0.4) is 0 Å². The van der Waals surface area contributed by atoms with Crippen LogP contribution in [0, 0.1) is 5.41 Å². The van der Waals surface area contributed by atoms with Crippen molar-refractivity contribution in [3.63, 3.8) is 0 Å². The van der Waals surface area contributed by atoms with E-state index in [2.05, 4.69) is 11.7 Å². The van der Waals surface area contributed by atoms with Crippen LogP contribution in [0.5, 0.6) is 0 Å². The molecule has 0 aromatic carbocycles. The number of Topliss-reactive ketones (excluding diaryl/α,β-unsaturated/α-hetero) is 1. The zero-order valence-electron chi connectivity index (χ0n) is 18.6. The number of rotatable bonds is 15. The maximum atomic E-state index is 13.0. The zero-order valence-corrected chi connectivity index (χ0v) is 18.6. The van der Waals surface area contributed by atoms with Gasteiger partial charge in [0.2, 0.25) is 11.3 Å². The number of esters is 2. The molecule has 1 aliphatic heterocycles. The van der Waals surface area contributed by atoms with E-state index >= 15 is 0 Å². The number of aliphatic hydroxyl groups excluding tert-OH is 1. The van der Waals surface area contributed by atoms with E-state index < -0.39 is 29.2 Å². The monoisotopic (exact) mass is 427 g/mol. The molecule has 2 unspecified atom stereocenters. The molecule has 1 rings (SSSR count). The van der Waals surface area contributed by atoms with Gasteiger partial charge >= 0.3 is 11.9 Å². The molecule has 1 amide bonds. The van der Waals surface area contributed by atoms with Gasteiger partial charge < -0.3 is 19.5 Å². The number of aliphatic hydroxyl groups is 1. The minimum absolute atomic E-state index is 0.102. The van der Waals surface area contributed by atoms with Crippen molar-refractivity contribution < 1.29 is 33.8 Å². The summed E-state index contributed by atoms with van der Waals surface area (Å²) in [7, 11) is 2.52. The summed E-state index contributed by atoms with van der Waals surface area (Å²) in [5.41, 5.74) is -1.77. The fraction of sp³-hybridized carbons (Fsp3) is 0.818. The van der Waals surface area contributed by atoms with Crippen LogP contribution in [0.25, 0.3) is 0 Å². The van der Waals surface area contributed by atoms with Crippen LogP contribution in [-0.2, 0) is 28.7 Å². The van der Waals surface area contributed by atoms with Gasteiger partial charge in [-0.2, -0.15) is 0 Å². The summed E-state index contributed by atoms with van der Waals surface area (Å²) in [6.45, 7) is 2.21. The first-order valence-corrected chi connectivity index (χ1v) is 11.0. The molecule has 0 saturated carbocycles. The average Bonchev–Trinajstić information content (AvgIpc) is 2.98. The molecule has 0 aliphatic carbocycles. The number of nitrogens with zero attached hydrogens (tertiary/aromatic N) is 1. The first-order chi connectivity index (χ1) is 14.3. The van der Waals surface area contributed by atoms with Crippen LogP contribution in [0.4, 0.5) is 0 Å². The third-order valence-corrected chi connectivity index (χ3v) is 5.78. The fourth-order valence-electron chi connectivity index (χ4n) is 3.87. The van der Waals surface area contributed by atoms with Crippen molar-refractivity contribution in [2.45, 2.75) is 83.7 Å². The second kappa shape index (κ2) is 13.4. The molecule has 8 heteroatoms. The molecule has 172 valence electrons. The number of ketones is 1. The van der Waals surface area contributed by atoms with E-state index in [-0.39, 0.29) is 25.5 Å². The van der Waals surface area contributed by atoms with E-state index in [4.69, 9.17) is 4.74 Å². The third kappa shape index (κ3) is 7.07. The van der Waals surface area contributed by atoms with Gasteiger partial charge in [-0.25, -0.2) is 0 Å². The first-order valence-electron chi connectivity index (χ1n) is 11.0. The van der Waals surface area contributed by atoms with Crippen LogP contribution < -0.4 is 0 Å². The molecule has 8 nitrogen and oxygen atoms in total. The topological polar surface area (TPSA) is 110 Å². The van der Waals surface area contributed by atoms with E-state index in [9.17, 15) is 24.3 Å². The molecule has 1 aliphatic rings. The highest BCUT2D eigenvalue weighted by Gasteiger charge is 2.59. The summed E-state index contributed by atoms with van der Waals surface area (Å²) in [5.74, 6) is -2.03. The minimum Gasteiger partial charge on any atom is -0.469 e. The van der Waals surface area contributed by atoms with Gasteiger partial charge in [0.15, 0.2) is 5.78 Å². The Hall–Kier alpha value is -1.96. The summed E-state index contributed by atoms with van der Waals surface area (Å²) in [6, 6.07) is 0. The van der Waals surface area contributed by atoms with E-state index in [1.165, 1.54) is 19.1 Å². The number of carbonyl (C=O) groups is 4. The summed E-state index contributed by atoms with van der Waals surface area (Å²) in [4.78, 5) is 50.7. The highest BCUT2D eigenvalue weighted by Crippen LogP contribution is 2.36. The van der Waals surface area contributed by atoms with Gasteiger partial charge in [0.25, 0.3) is 0 Å². The van der Waals surface area contributed by atoms with Crippen LogP contribution in [0.1, 0.15) is 77.6 Å². The van der Waals surface area contributed by atoms with E-state index in [0.717, 1.165) is 25.7 Å². The van der Waals surface area contributed by atoms with Gasteiger partial charge in [0, 0.05) is 13.0 Å². The van der Waals surface area contributed by atoms with Crippen molar-refractivity contribution in [1.29, 1.82) is 0 Å². The Labute approximate surface area is 179 Å². The molecule has 1 fully saturated rings. The number of amides is 1. The smallest absolute Gasteiger partial charge is 0.329 e. The Morgan fingerprint density at radius 1 is 1.03 bits per heavy atom. The Kier molecular flexibility index (Phi) is 11.6. The lowest BCUT2D eigenvalue weighted by Gasteiger charge is -2.24. The Bertz CT molecular complexity index is 592. The Morgan fingerprint density at radius 3 is 2.37 bits per heavy atom. The molecule has 0 aromatic heterocycles. The van der Waals surface area contributed by atoms with Gasteiger partial charge in [0.05, 0.1) is 26.9 Å². The highest BCUT2D eigenvalue weighted by atomic mass is 16.5. The van der Waals surface area contributed by atoms with Gasteiger partial charge in [-0.1, -0.05) is 45.4 Å². The van der Waals surface area contributed by atoms with Crippen LogP contribution in [0.15, 0.2) is 0 Å². The van der Waals surface area contributed by atoms with Gasteiger partial charge in [-0.15, -0.1) is 0 Å². The van der Waals surface area contributed by atoms with Gasteiger partial charge in [-0.05, 0) is 25.7 Å². The molecule has 0 aromatic rings.